The van der Waals surface area contributed by atoms with Crippen molar-refractivity contribution in [3.8, 4) is 0 Å². The van der Waals surface area contributed by atoms with E-state index in [1.165, 1.54) is 11.8 Å². The molecule has 0 spiro atoms. The molecule has 0 aliphatic heterocycles. The Balaban J connectivity index is 1.78. The largest absolute Gasteiger partial charge is 0.399 e. The summed E-state index contributed by atoms with van der Waals surface area (Å²) in [7, 11) is -3.19. The maximum absolute atomic E-state index is 12.1. The molecule has 1 aliphatic rings. The molecular weight excluding hydrogens is 304 g/mol. The molecular formula is C15H24N2O2S2. The molecule has 2 rings (SSSR count). The van der Waals surface area contributed by atoms with E-state index >= 15 is 0 Å². The van der Waals surface area contributed by atoms with Gasteiger partial charge in [0, 0.05) is 22.4 Å². The topological polar surface area (TPSA) is 72.2 Å². The van der Waals surface area contributed by atoms with E-state index in [2.05, 4.69) is 18.6 Å². The highest BCUT2D eigenvalue weighted by atomic mass is 32.2. The monoisotopic (exact) mass is 328 g/mol. The number of benzene rings is 1. The zero-order chi connectivity index (χ0) is 15.5. The number of hydrogen-bond acceptors (Lipinski definition) is 4. The van der Waals surface area contributed by atoms with Crippen molar-refractivity contribution in [2.45, 2.75) is 44.0 Å². The molecule has 0 bridgehead atoms. The minimum Gasteiger partial charge on any atom is -0.399 e. The summed E-state index contributed by atoms with van der Waals surface area (Å²) in [6.07, 6.45) is 2.95. The van der Waals surface area contributed by atoms with Crippen molar-refractivity contribution in [1.82, 2.24) is 4.72 Å². The van der Waals surface area contributed by atoms with Gasteiger partial charge in [-0.1, -0.05) is 13.8 Å². The van der Waals surface area contributed by atoms with E-state index in [4.69, 9.17) is 5.73 Å². The first-order valence-electron chi connectivity index (χ1n) is 7.24. The Kier molecular flexibility index (Phi) is 5.22. The van der Waals surface area contributed by atoms with Gasteiger partial charge >= 0.3 is 0 Å². The Morgan fingerprint density at radius 2 is 2.00 bits per heavy atom. The van der Waals surface area contributed by atoms with Crippen LogP contribution in [0.5, 0.6) is 0 Å². The van der Waals surface area contributed by atoms with Gasteiger partial charge in [0.2, 0.25) is 10.0 Å². The van der Waals surface area contributed by atoms with Crippen LogP contribution in [-0.4, -0.2) is 26.0 Å². The van der Waals surface area contributed by atoms with Gasteiger partial charge in [0.25, 0.3) is 0 Å². The third-order valence-electron chi connectivity index (χ3n) is 3.82. The van der Waals surface area contributed by atoms with Gasteiger partial charge in [-0.05, 0) is 48.9 Å². The Bertz CT molecular complexity index is 568. The second-order valence-electron chi connectivity index (χ2n) is 6.46. The van der Waals surface area contributed by atoms with E-state index in [1.807, 2.05) is 24.3 Å². The van der Waals surface area contributed by atoms with Crippen molar-refractivity contribution in [3.05, 3.63) is 24.3 Å². The van der Waals surface area contributed by atoms with Gasteiger partial charge in [-0.15, -0.1) is 11.8 Å². The lowest BCUT2D eigenvalue weighted by Gasteiger charge is -2.17. The Morgan fingerprint density at radius 3 is 2.57 bits per heavy atom. The molecule has 6 heteroatoms. The van der Waals surface area contributed by atoms with E-state index in [0.29, 0.717) is 5.75 Å². The molecule has 1 aliphatic carbocycles. The highest BCUT2D eigenvalue weighted by Crippen LogP contribution is 2.37. The van der Waals surface area contributed by atoms with Crippen molar-refractivity contribution >= 4 is 27.5 Å². The Hall–Kier alpha value is -0.720. The van der Waals surface area contributed by atoms with E-state index in [9.17, 15) is 8.42 Å². The zero-order valence-corrected chi connectivity index (χ0v) is 14.3. The molecule has 1 aromatic carbocycles. The molecule has 0 amide bonds. The Morgan fingerprint density at radius 1 is 1.33 bits per heavy atom. The molecule has 1 unspecified atom stereocenters. The van der Waals surface area contributed by atoms with E-state index in [-0.39, 0.29) is 17.2 Å². The van der Waals surface area contributed by atoms with Crippen LogP contribution in [0.3, 0.4) is 0 Å². The van der Waals surface area contributed by atoms with Crippen LogP contribution in [0, 0.1) is 5.41 Å². The zero-order valence-electron chi connectivity index (χ0n) is 12.6. The van der Waals surface area contributed by atoms with Crippen LogP contribution >= 0.6 is 11.8 Å². The van der Waals surface area contributed by atoms with Gasteiger partial charge in [0.05, 0.1) is 5.75 Å². The number of nitrogen functional groups attached to an aromatic ring is 1. The third kappa shape index (κ3) is 5.52. The fraction of sp³-hybridized carbons (Fsp3) is 0.600. The number of nitrogens with two attached hydrogens (primary N) is 1. The highest BCUT2D eigenvalue weighted by Gasteiger charge is 2.32. The molecule has 1 fully saturated rings. The van der Waals surface area contributed by atoms with Crippen molar-refractivity contribution in [2.24, 2.45) is 5.41 Å². The standard InChI is InChI=1S/C15H24N2O2S2/c1-15(2)8-7-13(11-15)17-21(18,19)10-9-20-14-5-3-12(16)4-6-14/h3-6,13,17H,7-11,16H2,1-2H3. The molecule has 1 aromatic rings. The number of thioether (sulfide) groups is 1. The van der Waals surface area contributed by atoms with Crippen LogP contribution in [0.15, 0.2) is 29.2 Å². The summed E-state index contributed by atoms with van der Waals surface area (Å²) in [6, 6.07) is 7.59. The molecule has 0 heterocycles. The molecule has 118 valence electrons. The summed E-state index contributed by atoms with van der Waals surface area (Å²) < 4.78 is 27.0. The molecule has 3 N–H and O–H groups in total. The van der Waals surface area contributed by atoms with Crippen molar-refractivity contribution in [3.63, 3.8) is 0 Å². The summed E-state index contributed by atoms with van der Waals surface area (Å²) in [4.78, 5) is 1.04. The van der Waals surface area contributed by atoms with Crippen LogP contribution in [0.25, 0.3) is 0 Å². The number of nitrogens with one attached hydrogen (secondary N) is 1. The molecule has 0 saturated heterocycles. The minimum atomic E-state index is -3.19. The average Bonchev–Trinajstić information content (AvgIpc) is 2.70. The number of hydrogen-bond donors (Lipinski definition) is 2. The fourth-order valence-electron chi connectivity index (χ4n) is 2.68. The first-order chi connectivity index (χ1) is 9.76. The van der Waals surface area contributed by atoms with E-state index < -0.39 is 10.0 Å². The van der Waals surface area contributed by atoms with Crippen LogP contribution in [-0.2, 0) is 10.0 Å². The molecule has 1 saturated carbocycles. The summed E-state index contributed by atoms with van der Waals surface area (Å²) in [5.41, 5.74) is 6.60. The maximum Gasteiger partial charge on any atom is 0.212 e. The predicted molar refractivity (Wildman–Crippen MR) is 89.9 cm³/mol. The number of anilines is 1. The predicted octanol–water partition coefficient (Wildman–Crippen LogP) is 2.86. The van der Waals surface area contributed by atoms with Crippen molar-refractivity contribution < 1.29 is 8.42 Å². The first kappa shape index (κ1) is 16.6. The van der Waals surface area contributed by atoms with Gasteiger partial charge in [0.1, 0.15) is 0 Å². The highest BCUT2D eigenvalue weighted by molar-refractivity contribution is 8.00. The van der Waals surface area contributed by atoms with Gasteiger partial charge in [-0.25, -0.2) is 13.1 Å². The van der Waals surface area contributed by atoms with Crippen LogP contribution in [0.1, 0.15) is 33.1 Å². The lowest BCUT2D eigenvalue weighted by atomic mass is 9.92. The summed E-state index contributed by atoms with van der Waals surface area (Å²) in [6.45, 7) is 4.39. The second-order valence-corrected chi connectivity index (χ2v) is 9.50. The Labute approximate surface area is 131 Å². The molecule has 1 atom stereocenters. The van der Waals surface area contributed by atoms with Gasteiger partial charge in [-0.2, -0.15) is 0 Å². The van der Waals surface area contributed by atoms with Crippen LogP contribution in [0.4, 0.5) is 5.69 Å². The SMILES string of the molecule is CC1(C)CCC(NS(=O)(=O)CCSc2ccc(N)cc2)C1. The summed E-state index contributed by atoms with van der Waals surface area (Å²) >= 11 is 1.54. The lowest BCUT2D eigenvalue weighted by molar-refractivity contribution is 0.372. The smallest absolute Gasteiger partial charge is 0.212 e. The molecule has 0 aromatic heterocycles. The molecule has 0 radical (unpaired) electrons. The first-order valence-corrected chi connectivity index (χ1v) is 9.88. The summed E-state index contributed by atoms with van der Waals surface area (Å²) in [5, 5.41) is 0. The molecule has 4 nitrogen and oxygen atoms in total. The van der Waals surface area contributed by atoms with Crippen LogP contribution < -0.4 is 10.5 Å². The number of rotatable bonds is 6. The summed E-state index contributed by atoms with van der Waals surface area (Å²) in [5.74, 6) is 0.703. The maximum atomic E-state index is 12.1. The van der Waals surface area contributed by atoms with Crippen molar-refractivity contribution in [2.75, 3.05) is 17.2 Å². The van der Waals surface area contributed by atoms with Gasteiger partial charge in [0.15, 0.2) is 0 Å². The van der Waals surface area contributed by atoms with Crippen molar-refractivity contribution in [1.29, 1.82) is 0 Å². The lowest BCUT2D eigenvalue weighted by Crippen LogP contribution is -2.35. The van der Waals surface area contributed by atoms with Crippen LogP contribution in [0.2, 0.25) is 0 Å². The molecule has 21 heavy (non-hydrogen) atoms. The quantitative estimate of drug-likeness (QED) is 0.622. The van der Waals surface area contributed by atoms with E-state index in [0.717, 1.165) is 29.8 Å². The van der Waals surface area contributed by atoms with Gasteiger partial charge in [-0.3, -0.25) is 0 Å². The third-order valence-corrected chi connectivity index (χ3v) is 6.52. The second kappa shape index (κ2) is 6.58. The minimum absolute atomic E-state index is 0.103. The van der Waals surface area contributed by atoms with Gasteiger partial charge < -0.3 is 5.73 Å². The van der Waals surface area contributed by atoms with E-state index in [1.54, 1.807) is 0 Å². The fourth-order valence-corrected chi connectivity index (χ4v) is 5.28. The number of sulfonamides is 1. The average molecular weight is 329 g/mol. The normalized spacial score (nSPS) is 21.5.